The molecule has 1 aromatic carbocycles. The smallest absolute Gasteiger partial charge is 0.243 e. The molecule has 5 nitrogen and oxygen atoms in total. The van der Waals surface area contributed by atoms with Gasteiger partial charge in [-0.25, -0.2) is 8.42 Å². The molecule has 0 saturated carbocycles. The molecule has 1 aliphatic heterocycles. The third-order valence-electron chi connectivity index (χ3n) is 3.86. The molecule has 3 rings (SSSR count). The van der Waals surface area contributed by atoms with Crippen LogP contribution in [0.25, 0.3) is 0 Å². The van der Waals surface area contributed by atoms with Crippen LogP contribution in [-0.4, -0.2) is 37.3 Å². The average Bonchev–Trinajstić information content (AvgIpc) is 2.56. The predicted octanol–water partition coefficient (Wildman–Crippen LogP) is 2.15. The van der Waals surface area contributed by atoms with Gasteiger partial charge in [0, 0.05) is 32.0 Å². The van der Waals surface area contributed by atoms with Crippen LogP contribution in [0.2, 0.25) is 0 Å². The zero-order valence-electron chi connectivity index (χ0n) is 12.8. The second-order valence-corrected chi connectivity index (χ2v) is 7.33. The van der Waals surface area contributed by atoms with E-state index in [2.05, 4.69) is 10.3 Å². The zero-order valence-corrected chi connectivity index (χ0v) is 14.5. The number of nitrogens with one attached hydrogen (secondary N) is 1. The highest BCUT2D eigenvalue weighted by Gasteiger charge is 2.34. The van der Waals surface area contributed by atoms with Crippen molar-refractivity contribution in [1.82, 2.24) is 14.6 Å². The van der Waals surface area contributed by atoms with Gasteiger partial charge in [0.25, 0.3) is 0 Å². The molecule has 1 saturated heterocycles. The second kappa shape index (κ2) is 7.40. The lowest BCUT2D eigenvalue weighted by atomic mass is 10.1. The van der Waals surface area contributed by atoms with Gasteiger partial charge in [0.05, 0.1) is 10.9 Å². The van der Waals surface area contributed by atoms with Crippen molar-refractivity contribution in [2.45, 2.75) is 17.9 Å². The Kier molecular flexibility index (Phi) is 5.75. The number of pyridine rings is 1. The number of aromatic nitrogens is 1. The van der Waals surface area contributed by atoms with Gasteiger partial charge in [-0.1, -0.05) is 18.2 Å². The molecule has 23 heavy (non-hydrogen) atoms. The summed E-state index contributed by atoms with van der Waals surface area (Å²) in [5.74, 6) is 0. The van der Waals surface area contributed by atoms with Crippen LogP contribution in [0.1, 0.15) is 17.2 Å². The molecule has 0 spiro atoms. The van der Waals surface area contributed by atoms with Crippen molar-refractivity contribution < 1.29 is 8.42 Å². The van der Waals surface area contributed by atoms with E-state index in [1.54, 1.807) is 34.9 Å². The molecular weight excluding hydrogens is 334 g/mol. The molecule has 1 aromatic heterocycles. The fourth-order valence-electron chi connectivity index (χ4n) is 2.74. The van der Waals surface area contributed by atoms with Gasteiger partial charge >= 0.3 is 0 Å². The van der Waals surface area contributed by atoms with Crippen LogP contribution in [0.15, 0.2) is 53.7 Å². The Bertz CT molecular complexity index is 753. The number of piperazine rings is 1. The van der Waals surface area contributed by atoms with Crippen molar-refractivity contribution in [3.8, 4) is 0 Å². The van der Waals surface area contributed by atoms with Crippen LogP contribution in [0.3, 0.4) is 0 Å². The van der Waals surface area contributed by atoms with E-state index in [-0.39, 0.29) is 18.4 Å². The number of benzene rings is 1. The van der Waals surface area contributed by atoms with E-state index in [0.29, 0.717) is 24.5 Å². The summed E-state index contributed by atoms with van der Waals surface area (Å²) in [4.78, 5) is 4.46. The average molecular weight is 354 g/mol. The summed E-state index contributed by atoms with van der Waals surface area (Å²) in [6.45, 7) is 3.60. The first-order valence-electron chi connectivity index (χ1n) is 7.28. The largest absolute Gasteiger partial charge is 0.313 e. The van der Waals surface area contributed by atoms with Gasteiger partial charge in [0.1, 0.15) is 0 Å². The SMILES string of the molecule is Cc1cccc(S(=O)(=O)N2CCNCC2c2cccnc2)c1.Cl. The van der Waals surface area contributed by atoms with Gasteiger partial charge in [-0.05, 0) is 36.2 Å². The quantitative estimate of drug-likeness (QED) is 0.918. The highest BCUT2D eigenvalue weighted by Crippen LogP contribution is 2.28. The zero-order chi connectivity index (χ0) is 15.6. The number of hydrogen-bond acceptors (Lipinski definition) is 4. The Morgan fingerprint density at radius 3 is 2.78 bits per heavy atom. The summed E-state index contributed by atoms with van der Waals surface area (Å²) in [6, 6.07) is 10.6. The minimum atomic E-state index is -3.52. The molecule has 0 radical (unpaired) electrons. The van der Waals surface area contributed by atoms with Crippen LogP contribution < -0.4 is 5.32 Å². The van der Waals surface area contributed by atoms with Crippen molar-refractivity contribution in [2.24, 2.45) is 0 Å². The highest BCUT2D eigenvalue weighted by atomic mass is 35.5. The molecule has 2 aromatic rings. The molecule has 1 fully saturated rings. The lowest BCUT2D eigenvalue weighted by molar-refractivity contribution is 0.271. The summed E-state index contributed by atoms with van der Waals surface area (Å²) >= 11 is 0. The third-order valence-corrected chi connectivity index (χ3v) is 5.76. The molecule has 2 heterocycles. The van der Waals surface area contributed by atoms with Gasteiger partial charge in [-0.15, -0.1) is 12.4 Å². The van der Waals surface area contributed by atoms with Crippen molar-refractivity contribution in [1.29, 1.82) is 0 Å². The van der Waals surface area contributed by atoms with Crippen molar-refractivity contribution >= 4 is 22.4 Å². The molecule has 7 heteroatoms. The third kappa shape index (κ3) is 3.72. The summed E-state index contributed by atoms with van der Waals surface area (Å²) in [5, 5.41) is 3.26. The fourth-order valence-corrected chi connectivity index (χ4v) is 4.46. The molecule has 1 unspecified atom stereocenters. The number of rotatable bonds is 3. The van der Waals surface area contributed by atoms with Gasteiger partial charge in [0.2, 0.25) is 10.0 Å². The number of aryl methyl sites for hydroxylation is 1. The maximum atomic E-state index is 13.0. The molecule has 1 aliphatic rings. The fraction of sp³-hybridized carbons (Fsp3) is 0.312. The lowest BCUT2D eigenvalue weighted by Gasteiger charge is -2.35. The maximum absolute atomic E-state index is 13.0. The Labute approximate surface area is 143 Å². The van der Waals surface area contributed by atoms with Gasteiger partial charge < -0.3 is 5.32 Å². The first-order chi connectivity index (χ1) is 10.6. The second-order valence-electron chi connectivity index (χ2n) is 5.44. The molecule has 124 valence electrons. The Hall–Kier alpha value is -1.47. The van der Waals surface area contributed by atoms with Crippen LogP contribution in [-0.2, 0) is 10.0 Å². The van der Waals surface area contributed by atoms with Crippen LogP contribution in [0.5, 0.6) is 0 Å². The van der Waals surface area contributed by atoms with E-state index in [4.69, 9.17) is 0 Å². The van der Waals surface area contributed by atoms with E-state index in [1.165, 1.54) is 0 Å². The van der Waals surface area contributed by atoms with E-state index in [1.807, 2.05) is 25.1 Å². The Morgan fingerprint density at radius 1 is 1.26 bits per heavy atom. The standard InChI is InChI=1S/C16H19N3O2S.ClH/c1-13-4-2-6-15(10-13)22(20,21)19-9-8-18-12-16(19)14-5-3-7-17-11-14;/h2-7,10-11,16,18H,8-9,12H2,1H3;1H. The van der Waals surface area contributed by atoms with Gasteiger partial charge in [-0.3, -0.25) is 4.98 Å². The monoisotopic (exact) mass is 353 g/mol. The van der Waals surface area contributed by atoms with Crippen LogP contribution in [0.4, 0.5) is 0 Å². The molecule has 0 bridgehead atoms. The number of halogens is 1. The Morgan fingerprint density at radius 2 is 2.09 bits per heavy atom. The topological polar surface area (TPSA) is 62.3 Å². The van der Waals surface area contributed by atoms with Crippen molar-refractivity contribution in [3.63, 3.8) is 0 Å². The maximum Gasteiger partial charge on any atom is 0.243 e. The summed E-state index contributed by atoms with van der Waals surface area (Å²) in [7, 11) is -3.52. The molecule has 1 atom stereocenters. The molecule has 0 aliphatic carbocycles. The predicted molar refractivity (Wildman–Crippen MR) is 92.2 cm³/mol. The molecular formula is C16H20ClN3O2S. The first-order valence-corrected chi connectivity index (χ1v) is 8.72. The minimum absolute atomic E-state index is 0. The van der Waals surface area contributed by atoms with E-state index < -0.39 is 10.0 Å². The Balaban J connectivity index is 0.00000192. The summed E-state index contributed by atoms with van der Waals surface area (Å²) in [5.41, 5.74) is 1.85. The summed E-state index contributed by atoms with van der Waals surface area (Å²) in [6.07, 6.45) is 3.43. The van der Waals surface area contributed by atoms with E-state index in [0.717, 1.165) is 11.1 Å². The van der Waals surface area contributed by atoms with E-state index >= 15 is 0 Å². The minimum Gasteiger partial charge on any atom is -0.313 e. The van der Waals surface area contributed by atoms with E-state index in [9.17, 15) is 8.42 Å². The number of sulfonamides is 1. The van der Waals surface area contributed by atoms with Crippen molar-refractivity contribution in [2.75, 3.05) is 19.6 Å². The molecule has 0 amide bonds. The number of nitrogens with zero attached hydrogens (tertiary/aromatic N) is 2. The summed E-state index contributed by atoms with van der Waals surface area (Å²) < 4.78 is 27.6. The van der Waals surface area contributed by atoms with Crippen LogP contribution >= 0.6 is 12.4 Å². The van der Waals surface area contributed by atoms with Gasteiger partial charge in [0.15, 0.2) is 0 Å². The van der Waals surface area contributed by atoms with Crippen LogP contribution in [0, 0.1) is 6.92 Å². The lowest BCUT2D eigenvalue weighted by Crippen LogP contribution is -2.48. The van der Waals surface area contributed by atoms with Crippen molar-refractivity contribution in [3.05, 3.63) is 59.9 Å². The van der Waals surface area contributed by atoms with Gasteiger partial charge in [-0.2, -0.15) is 4.31 Å². The molecule has 1 N–H and O–H groups in total. The number of hydrogen-bond donors (Lipinski definition) is 1. The normalized spacial score (nSPS) is 19.1. The highest BCUT2D eigenvalue weighted by molar-refractivity contribution is 7.89. The first kappa shape index (κ1) is 17.9.